The molecule has 0 bridgehead atoms. The van der Waals surface area contributed by atoms with Crippen molar-refractivity contribution < 1.29 is 27.1 Å². The Morgan fingerprint density at radius 3 is 2.73 bits per heavy atom. The minimum Gasteiger partial charge on any atom is -0.486 e. The number of ether oxygens (including phenoxy) is 2. The highest BCUT2D eigenvalue weighted by Crippen LogP contribution is 2.34. The predicted octanol–water partition coefficient (Wildman–Crippen LogP) is 2.11. The van der Waals surface area contributed by atoms with E-state index in [0.717, 1.165) is 5.56 Å². The van der Waals surface area contributed by atoms with Crippen molar-refractivity contribution in [1.29, 1.82) is 0 Å². The summed E-state index contributed by atoms with van der Waals surface area (Å²) in [6.07, 6.45) is 1.52. The molecule has 0 aliphatic carbocycles. The van der Waals surface area contributed by atoms with Gasteiger partial charge in [0.15, 0.2) is 11.5 Å². The lowest BCUT2D eigenvalue weighted by Crippen LogP contribution is -2.46. The summed E-state index contributed by atoms with van der Waals surface area (Å²) in [5.41, 5.74) is 0.766. The van der Waals surface area contributed by atoms with E-state index in [9.17, 15) is 17.6 Å². The maximum atomic E-state index is 13.3. The molecule has 4 rings (SSSR count). The van der Waals surface area contributed by atoms with Crippen molar-refractivity contribution in [3.63, 3.8) is 0 Å². The number of carbonyl (C=O) groups excluding carboxylic acids is 1. The molecule has 1 fully saturated rings. The standard InChI is InChI=1S/C21H23FN2O5S/c22-16-4-1-3-15(13-16)8-9-23-21(25)18-5-2-10-24(18)30(26,27)17-6-7-19-20(14-17)29-12-11-28-19/h1,3-4,6-7,13-14,18H,2,5,8-12H2,(H,23,25). The molecule has 1 unspecified atom stereocenters. The van der Waals surface area contributed by atoms with Gasteiger partial charge in [0.1, 0.15) is 25.1 Å². The Morgan fingerprint density at radius 2 is 1.93 bits per heavy atom. The molecule has 7 nitrogen and oxygen atoms in total. The predicted molar refractivity (Wildman–Crippen MR) is 107 cm³/mol. The fraction of sp³-hybridized carbons (Fsp3) is 0.381. The average molecular weight is 434 g/mol. The fourth-order valence-corrected chi connectivity index (χ4v) is 5.42. The summed E-state index contributed by atoms with van der Waals surface area (Å²) in [5.74, 6) is 0.224. The van der Waals surface area contributed by atoms with Gasteiger partial charge in [-0.1, -0.05) is 12.1 Å². The third-order valence-corrected chi connectivity index (χ3v) is 7.13. The number of sulfonamides is 1. The molecule has 0 aromatic heterocycles. The van der Waals surface area contributed by atoms with Gasteiger partial charge in [0.2, 0.25) is 15.9 Å². The van der Waals surface area contributed by atoms with Crippen LogP contribution < -0.4 is 14.8 Å². The van der Waals surface area contributed by atoms with Crippen molar-refractivity contribution in [2.75, 3.05) is 26.3 Å². The Labute approximate surface area is 174 Å². The van der Waals surface area contributed by atoms with Gasteiger partial charge in [-0.3, -0.25) is 4.79 Å². The van der Waals surface area contributed by atoms with E-state index in [0.29, 0.717) is 50.5 Å². The fourth-order valence-electron chi connectivity index (χ4n) is 3.75. The lowest BCUT2D eigenvalue weighted by Gasteiger charge is -2.24. The van der Waals surface area contributed by atoms with E-state index in [1.54, 1.807) is 18.2 Å². The lowest BCUT2D eigenvalue weighted by atomic mass is 10.1. The second-order valence-corrected chi connectivity index (χ2v) is 9.14. The topological polar surface area (TPSA) is 84.9 Å². The molecular weight excluding hydrogens is 411 g/mol. The van der Waals surface area contributed by atoms with Crippen molar-refractivity contribution >= 4 is 15.9 Å². The number of nitrogens with one attached hydrogen (secondary N) is 1. The van der Waals surface area contributed by atoms with Crippen LogP contribution in [0.1, 0.15) is 18.4 Å². The van der Waals surface area contributed by atoms with Gasteiger partial charge in [-0.2, -0.15) is 4.31 Å². The van der Waals surface area contributed by atoms with E-state index in [2.05, 4.69) is 5.32 Å². The van der Waals surface area contributed by atoms with E-state index in [1.165, 1.54) is 28.6 Å². The minimum absolute atomic E-state index is 0.0752. The highest BCUT2D eigenvalue weighted by Gasteiger charge is 2.39. The molecule has 1 saturated heterocycles. The number of amides is 1. The zero-order chi connectivity index (χ0) is 21.1. The van der Waals surface area contributed by atoms with Crippen LogP contribution in [0.25, 0.3) is 0 Å². The first-order valence-corrected chi connectivity index (χ1v) is 11.3. The normalized spacial score (nSPS) is 18.9. The van der Waals surface area contributed by atoms with Gasteiger partial charge in [0.25, 0.3) is 0 Å². The Balaban J connectivity index is 1.43. The number of hydrogen-bond acceptors (Lipinski definition) is 5. The van der Waals surface area contributed by atoms with Gasteiger partial charge in [-0.25, -0.2) is 12.8 Å². The van der Waals surface area contributed by atoms with Gasteiger partial charge >= 0.3 is 0 Å². The van der Waals surface area contributed by atoms with E-state index in [4.69, 9.17) is 9.47 Å². The molecule has 1 amide bonds. The molecule has 2 aliphatic rings. The van der Waals surface area contributed by atoms with Crippen molar-refractivity contribution in [2.24, 2.45) is 0 Å². The first-order chi connectivity index (χ1) is 14.4. The summed E-state index contributed by atoms with van der Waals surface area (Å²) in [6.45, 7) is 1.36. The van der Waals surface area contributed by atoms with Crippen LogP contribution in [0.4, 0.5) is 4.39 Å². The average Bonchev–Trinajstić information content (AvgIpc) is 3.24. The number of fused-ring (bicyclic) bond motifs is 1. The molecule has 0 radical (unpaired) electrons. The summed E-state index contributed by atoms with van der Waals surface area (Å²) in [6, 6.07) is 9.90. The van der Waals surface area contributed by atoms with Crippen LogP contribution in [0.3, 0.4) is 0 Å². The number of benzene rings is 2. The Morgan fingerprint density at radius 1 is 1.13 bits per heavy atom. The zero-order valence-corrected chi connectivity index (χ0v) is 17.2. The Hall–Kier alpha value is -2.65. The van der Waals surface area contributed by atoms with Crippen LogP contribution in [0.5, 0.6) is 11.5 Å². The van der Waals surface area contributed by atoms with E-state index >= 15 is 0 Å². The van der Waals surface area contributed by atoms with E-state index < -0.39 is 16.1 Å². The number of carbonyl (C=O) groups is 1. The summed E-state index contributed by atoms with van der Waals surface area (Å²) < 4.78 is 51.8. The third kappa shape index (κ3) is 4.27. The van der Waals surface area contributed by atoms with Gasteiger partial charge < -0.3 is 14.8 Å². The van der Waals surface area contributed by atoms with Crippen LogP contribution in [0, 0.1) is 5.82 Å². The van der Waals surface area contributed by atoms with Crippen LogP contribution >= 0.6 is 0 Å². The smallest absolute Gasteiger partial charge is 0.243 e. The number of rotatable bonds is 6. The Bertz CT molecular complexity index is 1040. The molecule has 9 heteroatoms. The first kappa shape index (κ1) is 20.6. The van der Waals surface area contributed by atoms with Gasteiger partial charge in [0.05, 0.1) is 4.90 Å². The molecular formula is C21H23FN2O5S. The van der Waals surface area contributed by atoms with Crippen LogP contribution in [0.15, 0.2) is 47.4 Å². The molecule has 1 atom stereocenters. The van der Waals surface area contributed by atoms with E-state index in [1.807, 2.05) is 0 Å². The SMILES string of the molecule is O=C(NCCc1cccc(F)c1)C1CCCN1S(=O)(=O)c1ccc2c(c1)OCCO2. The summed E-state index contributed by atoms with van der Waals surface area (Å²) >= 11 is 0. The van der Waals surface area contributed by atoms with Crippen molar-refractivity contribution in [3.05, 3.63) is 53.8 Å². The number of halogens is 1. The van der Waals surface area contributed by atoms with Crippen molar-refractivity contribution in [1.82, 2.24) is 9.62 Å². The molecule has 1 N–H and O–H groups in total. The highest BCUT2D eigenvalue weighted by molar-refractivity contribution is 7.89. The summed E-state index contributed by atoms with van der Waals surface area (Å²) in [4.78, 5) is 12.8. The summed E-state index contributed by atoms with van der Waals surface area (Å²) in [7, 11) is -3.86. The Kier molecular flexibility index (Phi) is 5.92. The van der Waals surface area contributed by atoms with Crippen LogP contribution in [0.2, 0.25) is 0 Å². The lowest BCUT2D eigenvalue weighted by molar-refractivity contribution is -0.124. The molecule has 2 aliphatic heterocycles. The largest absolute Gasteiger partial charge is 0.486 e. The number of nitrogens with zero attached hydrogens (tertiary/aromatic N) is 1. The molecule has 2 aromatic carbocycles. The van der Waals surface area contributed by atoms with Crippen molar-refractivity contribution in [2.45, 2.75) is 30.2 Å². The van der Waals surface area contributed by atoms with Gasteiger partial charge in [-0.05, 0) is 49.1 Å². The van der Waals surface area contributed by atoms with Crippen molar-refractivity contribution in [3.8, 4) is 11.5 Å². The summed E-state index contributed by atoms with van der Waals surface area (Å²) in [5, 5.41) is 2.78. The molecule has 2 heterocycles. The van der Waals surface area contributed by atoms with Crippen LogP contribution in [-0.2, 0) is 21.2 Å². The third-order valence-electron chi connectivity index (χ3n) is 5.23. The molecule has 0 saturated carbocycles. The number of hydrogen-bond donors (Lipinski definition) is 1. The molecule has 160 valence electrons. The zero-order valence-electron chi connectivity index (χ0n) is 16.3. The monoisotopic (exact) mass is 434 g/mol. The molecule has 2 aromatic rings. The second kappa shape index (κ2) is 8.61. The maximum absolute atomic E-state index is 13.3. The second-order valence-electron chi connectivity index (χ2n) is 7.25. The highest BCUT2D eigenvalue weighted by atomic mass is 32.2. The van der Waals surface area contributed by atoms with Gasteiger partial charge in [-0.15, -0.1) is 0 Å². The quantitative estimate of drug-likeness (QED) is 0.753. The minimum atomic E-state index is -3.86. The maximum Gasteiger partial charge on any atom is 0.243 e. The van der Waals surface area contributed by atoms with E-state index in [-0.39, 0.29) is 23.2 Å². The molecule has 30 heavy (non-hydrogen) atoms. The molecule has 0 spiro atoms. The van der Waals surface area contributed by atoms with Gasteiger partial charge in [0, 0.05) is 19.2 Å². The van der Waals surface area contributed by atoms with Crippen LogP contribution in [-0.4, -0.2) is 51.0 Å². The first-order valence-electron chi connectivity index (χ1n) is 9.89.